The Balaban J connectivity index is 2.14. The normalized spacial score (nSPS) is 28.5. The fourth-order valence-electron chi connectivity index (χ4n) is 3.11. The van der Waals surface area contributed by atoms with Gasteiger partial charge in [0, 0.05) is 0 Å². The molecule has 6 nitrogen and oxygen atoms in total. The molecule has 2 rings (SSSR count). The first-order chi connectivity index (χ1) is 9.37. The molecule has 0 spiro atoms. The van der Waals surface area contributed by atoms with E-state index in [0.29, 0.717) is 32.1 Å². The van der Waals surface area contributed by atoms with Crippen molar-refractivity contribution in [3.05, 3.63) is 0 Å². The third kappa shape index (κ3) is 2.97. The van der Waals surface area contributed by atoms with Crippen LogP contribution in [0.25, 0.3) is 0 Å². The molecule has 0 aromatic carbocycles. The third-order valence-electron chi connectivity index (χ3n) is 4.35. The lowest BCUT2D eigenvalue weighted by Gasteiger charge is -2.35. The first-order valence-electron chi connectivity index (χ1n) is 7.14. The molecule has 0 bridgehead atoms. The molecule has 7 heteroatoms. The molecule has 1 saturated heterocycles. The molecular formula is C13H21NO5S. The van der Waals surface area contributed by atoms with Gasteiger partial charge in [-0.2, -0.15) is 0 Å². The Labute approximate surface area is 118 Å². The van der Waals surface area contributed by atoms with Crippen molar-refractivity contribution in [3.63, 3.8) is 0 Å². The van der Waals surface area contributed by atoms with E-state index in [0.717, 1.165) is 19.3 Å². The van der Waals surface area contributed by atoms with E-state index in [1.54, 1.807) is 0 Å². The van der Waals surface area contributed by atoms with Crippen LogP contribution in [0.15, 0.2) is 0 Å². The lowest BCUT2D eigenvalue weighted by molar-refractivity contribution is -0.149. The first kappa shape index (κ1) is 15.3. The SMILES string of the molecule is O=C(NC1(C(=O)O)CCCCC1)C1CCCCS1(=O)=O. The molecule has 114 valence electrons. The summed E-state index contributed by atoms with van der Waals surface area (Å²) in [7, 11) is -3.43. The van der Waals surface area contributed by atoms with Crippen LogP contribution in [-0.2, 0) is 19.4 Å². The molecule has 1 unspecified atom stereocenters. The van der Waals surface area contributed by atoms with Gasteiger partial charge in [-0.3, -0.25) is 4.79 Å². The van der Waals surface area contributed by atoms with Gasteiger partial charge in [-0.15, -0.1) is 0 Å². The zero-order valence-electron chi connectivity index (χ0n) is 11.4. The standard InChI is InChI=1S/C13H21NO5S/c15-11(10-6-2-5-9-20(10,18)19)14-13(12(16)17)7-3-1-4-8-13/h10H,1-9H2,(H,14,15)(H,16,17). The van der Waals surface area contributed by atoms with E-state index in [2.05, 4.69) is 5.32 Å². The number of sulfone groups is 1. The van der Waals surface area contributed by atoms with Gasteiger partial charge in [0.2, 0.25) is 5.91 Å². The number of amides is 1. The van der Waals surface area contributed by atoms with Crippen molar-refractivity contribution in [2.24, 2.45) is 0 Å². The van der Waals surface area contributed by atoms with Crippen LogP contribution < -0.4 is 5.32 Å². The van der Waals surface area contributed by atoms with Crippen LogP contribution in [0.3, 0.4) is 0 Å². The summed E-state index contributed by atoms with van der Waals surface area (Å²) >= 11 is 0. The van der Waals surface area contributed by atoms with Crippen molar-refractivity contribution < 1.29 is 23.1 Å². The van der Waals surface area contributed by atoms with Gasteiger partial charge in [-0.25, -0.2) is 13.2 Å². The van der Waals surface area contributed by atoms with Gasteiger partial charge in [-0.1, -0.05) is 25.7 Å². The van der Waals surface area contributed by atoms with Crippen LogP contribution in [0.5, 0.6) is 0 Å². The molecule has 0 radical (unpaired) electrons. The van der Waals surface area contributed by atoms with E-state index in [9.17, 15) is 23.1 Å². The Bertz CT molecular complexity index is 493. The van der Waals surface area contributed by atoms with E-state index < -0.39 is 32.5 Å². The highest BCUT2D eigenvalue weighted by molar-refractivity contribution is 7.92. The molecule has 1 saturated carbocycles. The maximum absolute atomic E-state index is 12.2. The summed E-state index contributed by atoms with van der Waals surface area (Å²) in [6, 6.07) is 0. The minimum absolute atomic E-state index is 0.0190. The van der Waals surface area contributed by atoms with Crippen LogP contribution in [0.2, 0.25) is 0 Å². The topological polar surface area (TPSA) is 101 Å². The average molecular weight is 303 g/mol. The molecule has 1 heterocycles. The lowest BCUT2D eigenvalue weighted by Crippen LogP contribution is -2.59. The van der Waals surface area contributed by atoms with E-state index >= 15 is 0 Å². The fraction of sp³-hybridized carbons (Fsp3) is 0.846. The summed E-state index contributed by atoms with van der Waals surface area (Å²) in [5.74, 6) is -1.67. The molecule has 2 N–H and O–H groups in total. The summed E-state index contributed by atoms with van der Waals surface area (Å²) in [5.41, 5.74) is -1.28. The van der Waals surface area contributed by atoms with E-state index in [1.807, 2.05) is 0 Å². The molecule has 1 atom stereocenters. The van der Waals surface area contributed by atoms with Crippen LogP contribution in [0.1, 0.15) is 51.4 Å². The van der Waals surface area contributed by atoms with Gasteiger partial charge >= 0.3 is 5.97 Å². The van der Waals surface area contributed by atoms with Crippen molar-refractivity contribution >= 4 is 21.7 Å². The number of nitrogens with one attached hydrogen (secondary N) is 1. The summed E-state index contributed by atoms with van der Waals surface area (Å²) in [4.78, 5) is 23.7. The fourth-order valence-corrected chi connectivity index (χ4v) is 4.91. The second-order valence-electron chi connectivity index (χ2n) is 5.79. The number of rotatable bonds is 3. The molecule has 0 aromatic rings. The second-order valence-corrected chi connectivity index (χ2v) is 8.09. The predicted molar refractivity (Wildman–Crippen MR) is 73.0 cm³/mol. The van der Waals surface area contributed by atoms with Crippen LogP contribution >= 0.6 is 0 Å². The Kier molecular flexibility index (Phi) is 4.36. The van der Waals surface area contributed by atoms with Gasteiger partial charge in [0.15, 0.2) is 9.84 Å². The van der Waals surface area contributed by atoms with E-state index in [1.165, 1.54) is 0 Å². The van der Waals surface area contributed by atoms with Gasteiger partial charge in [-0.05, 0) is 25.7 Å². The van der Waals surface area contributed by atoms with Crippen LogP contribution in [-0.4, -0.2) is 41.9 Å². The number of hydrogen-bond donors (Lipinski definition) is 2. The number of carboxylic acids is 1. The molecule has 0 aromatic heterocycles. The molecule has 2 aliphatic rings. The number of aliphatic carboxylic acids is 1. The van der Waals surface area contributed by atoms with Gasteiger partial charge in [0.1, 0.15) is 10.8 Å². The number of hydrogen-bond acceptors (Lipinski definition) is 4. The van der Waals surface area contributed by atoms with Gasteiger partial charge in [0.25, 0.3) is 0 Å². The smallest absolute Gasteiger partial charge is 0.329 e. The molecule has 1 aliphatic heterocycles. The first-order valence-corrected chi connectivity index (χ1v) is 8.86. The largest absolute Gasteiger partial charge is 0.480 e. The molecule has 2 fully saturated rings. The lowest BCUT2D eigenvalue weighted by atomic mass is 9.81. The maximum Gasteiger partial charge on any atom is 0.329 e. The molecule has 20 heavy (non-hydrogen) atoms. The number of carbonyl (C=O) groups excluding carboxylic acids is 1. The molecule has 1 aliphatic carbocycles. The second kappa shape index (κ2) is 5.71. The summed E-state index contributed by atoms with van der Waals surface area (Å²) in [6.07, 6.45) is 4.75. The Hall–Kier alpha value is -1.11. The van der Waals surface area contributed by atoms with Gasteiger partial charge in [0.05, 0.1) is 5.75 Å². The van der Waals surface area contributed by atoms with Crippen molar-refractivity contribution in [1.29, 1.82) is 0 Å². The van der Waals surface area contributed by atoms with Crippen LogP contribution in [0, 0.1) is 0 Å². The summed E-state index contributed by atoms with van der Waals surface area (Å²) < 4.78 is 23.9. The van der Waals surface area contributed by atoms with Crippen molar-refractivity contribution in [2.75, 3.05) is 5.75 Å². The molecule has 1 amide bonds. The summed E-state index contributed by atoms with van der Waals surface area (Å²) in [6.45, 7) is 0. The highest BCUT2D eigenvalue weighted by atomic mass is 32.2. The quantitative estimate of drug-likeness (QED) is 0.805. The highest BCUT2D eigenvalue weighted by Crippen LogP contribution is 2.29. The number of carbonyl (C=O) groups is 2. The zero-order valence-corrected chi connectivity index (χ0v) is 12.2. The van der Waals surface area contributed by atoms with Crippen molar-refractivity contribution in [3.8, 4) is 0 Å². The number of carboxylic acid groups (broad SMARTS) is 1. The maximum atomic E-state index is 12.2. The van der Waals surface area contributed by atoms with Crippen molar-refractivity contribution in [2.45, 2.75) is 62.2 Å². The minimum atomic E-state index is -3.43. The van der Waals surface area contributed by atoms with Crippen LogP contribution in [0.4, 0.5) is 0 Å². The monoisotopic (exact) mass is 303 g/mol. The Morgan fingerprint density at radius 3 is 2.25 bits per heavy atom. The predicted octanol–water partition coefficient (Wildman–Crippen LogP) is 0.857. The minimum Gasteiger partial charge on any atom is -0.480 e. The van der Waals surface area contributed by atoms with E-state index in [4.69, 9.17) is 0 Å². The average Bonchev–Trinajstić information content (AvgIpc) is 2.38. The van der Waals surface area contributed by atoms with Crippen molar-refractivity contribution in [1.82, 2.24) is 5.32 Å². The Morgan fingerprint density at radius 1 is 1.05 bits per heavy atom. The zero-order chi connectivity index (χ0) is 14.8. The Morgan fingerprint density at radius 2 is 1.70 bits per heavy atom. The molecular weight excluding hydrogens is 282 g/mol. The summed E-state index contributed by atoms with van der Waals surface area (Å²) in [5, 5.41) is 10.9. The highest BCUT2D eigenvalue weighted by Gasteiger charge is 2.44. The van der Waals surface area contributed by atoms with Gasteiger partial charge < -0.3 is 10.4 Å². The van der Waals surface area contributed by atoms with E-state index in [-0.39, 0.29) is 5.75 Å². The third-order valence-corrected chi connectivity index (χ3v) is 6.52.